The van der Waals surface area contributed by atoms with Crippen LogP contribution in [-0.2, 0) is 11.3 Å². The summed E-state index contributed by atoms with van der Waals surface area (Å²) in [6.45, 7) is 10.4. The van der Waals surface area contributed by atoms with Crippen LogP contribution in [0, 0.1) is 18.7 Å². The quantitative estimate of drug-likeness (QED) is 0.168. The van der Waals surface area contributed by atoms with Gasteiger partial charge in [0.15, 0.2) is 0 Å². The lowest BCUT2D eigenvalue weighted by Gasteiger charge is -2.48. The van der Waals surface area contributed by atoms with Gasteiger partial charge in [-0.3, -0.25) is 19.8 Å². The third-order valence-electron chi connectivity index (χ3n) is 8.48. The zero-order chi connectivity index (χ0) is 31.3. The van der Waals surface area contributed by atoms with Gasteiger partial charge in [0.2, 0.25) is 0 Å². The van der Waals surface area contributed by atoms with E-state index in [-0.39, 0.29) is 17.6 Å². The van der Waals surface area contributed by atoms with E-state index in [1.54, 1.807) is 44.8 Å². The van der Waals surface area contributed by atoms with Crippen molar-refractivity contribution in [2.24, 2.45) is 10.9 Å². The number of benzene rings is 2. The summed E-state index contributed by atoms with van der Waals surface area (Å²) in [5.41, 5.74) is 4.73. The number of aromatic amines is 1. The Labute approximate surface area is 257 Å². The number of piperidine rings is 1. The summed E-state index contributed by atoms with van der Waals surface area (Å²) in [5.74, 6) is -0.186. The number of nitrogens with one attached hydrogen (secondary N) is 2. The van der Waals surface area contributed by atoms with Gasteiger partial charge in [-0.25, -0.2) is 9.38 Å². The smallest absolute Gasteiger partial charge is 0.276 e. The zero-order valence-corrected chi connectivity index (χ0v) is 25.7. The number of carbonyl (C=O) groups excluding carboxylic acids is 1. The number of aryl methyl sites for hydroxylation is 1. The second-order valence-electron chi connectivity index (χ2n) is 11.4. The van der Waals surface area contributed by atoms with Gasteiger partial charge in [-0.2, -0.15) is 5.10 Å². The highest BCUT2D eigenvalue weighted by atomic mass is 19.1. The molecule has 0 radical (unpaired) electrons. The minimum atomic E-state index is -0.469. The van der Waals surface area contributed by atoms with E-state index in [1.807, 2.05) is 31.2 Å². The maximum Gasteiger partial charge on any atom is 0.276 e. The summed E-state index contributed by atoms with van der Waals surface area (Å²) in [4.78, 5) is 24.1. The number of fused-ring (bicyclic) bond motifs is 1. The van der Waals surface area contributed by atoms with Crippen LogP contribution in [0.5, 0.6) is 5.75 Å². The third-order valence-corrected chi connectivity index (χ3v) is 8.48. The van der Waals surface area contributed by atoms with E-state index in [9.17, 15) is 4.79 Å². The predicted molar refractivity (Wildman–Crippen MR) is 170 cm³/mol. The van der Waals surface area contributed by atoms with Gasteiger partial charge >= 0.3 is 0 Å². The number of H-pyrrole nitrogens is 1. The zero-order valence-electron chi connectivity index (χ0n) is 25.7. The molecule has 0 spiro atoms. The number of nitrogens with zero attached hydrogens (tertiary/aromatic N) is 4. The second-order valence-corrected chi connectivity index (χ2v) is 11.4. The van der Waals surface area contributed by atoms with E-state index >= 15 is 4.39 Å². The molecule has 2 atom stereocenters. The number of amides is 1. The molecular formula is C34H39FN6O3. The molecule has 0 bridgehead atoms. The molecule has 2 aromatic carbocycles. The first kappa shape index (κ1) is 31.0. The van der Waals surface area contributed by atoms with Crippen LogP contribution in [0.3, 0.4) is 0 Å². The Morgan fingerprint density at radius 1 is 1.27 bits per heavy atom. The van der Waals surface area contributed by atoms with Crippen molar-refractivity contribution in [1.82, 2.24) is 25.4 Å². The van der Waals surface area contributed by atoms with Gasteiger partial charge in [0.05, 0.1) is 24.8 Å². The molecule has 3 heterocycles. The molecule has 1 amide bonds. The van der Waals surface area contributed by atoms with Gasteiger partial charge in [0.25, 0.3) is 5.91 Å². The fourth-order valence-corrected chi connectivity index (χ4v) is 5.78. The molecule has 1 aliphatic heterocycles. The largest absolute Gasteiger partial charge is 0.496 e. The Balaban J connectivity index is 1.37. The van der Waals surface area contributed by atoms with E-state index in [1.165, 1.54) is 6.07 Å². The van der Waals surface area contributed by atoms with Crippen molar-refractivity contribution in [3.8, 4) is 17.0 Å². The van der Waals surface area contributed by atoms with Crippen LogP contribution in [0.25, 0.3) is 22.2 Å². The van der Waals surface area contributed by atoms with Crippen LogP contribution < -0.4 is 10.1 Å². The van der Waals surface area contributed by atoms with Crippen LogP contribution >= 0.6 is 0 Å². The maximum absolute atomic E-state index is 15.0. The van der Waals surface area contributed by atoms with E-state index in [2.05, 4.69) is 43.9 Å². The predicted octanol–water partition coefficient (Wildman–Crippen LogP) is 5.71. The van der Waals surface area contributed by atoms with Gasteiger partial charge in [-0.05, 0) is 69.2 Å². The average molecular weight is 599 g/mol. The molecule has 5 rings (SSSR count). The van der Waals surface area contributed by atoms with Gasteiger partial charge < -0.3 is 14.8 Å². The minimum Gasteiger partial charge on any atom is -0.496 e. The summed E-state index contributed by atoms with van der Waals surface area (Å²) in [5, 5.41) is 11.7. The number of carbonyl (C=O) groups is 1. The van der Waals surface area contributed by atoms with Crippen LogP contribution in [0.2, 0.25) is 0 Å². The number of pyridine rings is 1. The van der Waals surface area contributed by atoms with Crippen molar-refractivity contribution in [2.75, 3.05) is 33.9 Å². The molecular weight excluding hydrogens is 559 g/mol. The molecule has 2 N–H and O–H groups in total. The Morgan fingerprint density at radius 3 is 2.89 bits per heavy atom. The highest BCUT2D eigenvalue weighted by molar-refractivity contribution is 6.04. The van der Waals surface area contributed by atoms with Crippen molar-refractivity contribution in [2.45, 2.75) is 38.8 Å². The van der Waals surface area contributed by atoms with Gasteiger partial charge in [-0.1, -0.05) is 12.6 Å². The lowest BCUT2D eigenvalue weighted by Crippen LogP contribution is -2.55. The molecule has 4 aromatic rings. The number of hydrogen-bond acceptors (Lipinski definition) is 7. The van der Waals surface area contributed by atoms with Gasteiger partial charge in [0.1, 0.15) is 17.3 Å². The average Bonchev–Trinajstić information content (AvgIpc) is 3.45. The number of aliphatic imine (C=N–C) groups is 1. The lowest BCUT2D eigenvalue weighted by molar-refractivity contribution is 0.0610. The fraction of sp³-hybridized carbons (Fsp3) is 0.353. The normalized spacial score (nSPS) is 19.0. The molecule has 9 nitrogen and oxygen atoms in total. The van der Waals surface area contributed by atoms with Crippen LogP contribution in [-0.4, -0.2) is 71.7 Å². The Bertz CT molecular complexity index is 1680. The number of aromatic nitrogens is 3. The topological polar surface area (TPSA) is 105 Å². The van der Waals surface area contributed by atoms with Gasteiger partial charge in [0, 0.05) is 78.5 Å². The molecule has 1 saturated heterocycles. The van der Waals surface area contributed by atoms with Crippen LogP contribution in [0.4, 0.5) is 4.39 Å². The Kier molecular flexibility index (Phi) is 9.51. The molecule has 230 valence electrons. The van der Waals surface area contributed by atoms with E-state index in [4.69, 9.17) is 9.47 Å². The SMILES string of the molecule is C=C(NCCOC)C1(C)CCC(C=NC(=O)c2ccc3[nH]nc(-c4ccnc(C)c4)c3c2)CN1Cc1c(F)cccc1OC. The summed E-state index contributed by atoms with van der Waals surface area (Å²) in [6, 6.07) is 14.1. The molecule has 10 heteroatoms. The molecule has 2 unspecified atom stereocenters. The number of rotatable bonds is 11. The molecule has 2 aromatic heterocycles. The Hall–Kier alpha value is -4.41. The first-order chi connectivity index (χ1) is 21.2. The Morgan fingerprint density at radius 2 is 2.11 bits per heavy atom. The number of likely N-dealkylation sites (tertiary alicyclic amines) is 1. The van der Waals surface area contributed by atoms with E-state index < -0.39 is 5.54 Å². The van der Waals surface area contributed by atoms with Crippen LogP contribution in [0.15, 0.2) is 72.0 Å². The standard InChI is InChI=1S/C34H39FN6O3/c1-22-17-25(12-14-36-22)32-27-18-26(9-10-30(27)39-40-32)33(42)38-19-24-11-13-34(3,23(2)37-15-16-43-4)41(20-24)21-28-29(35)7-6-8-31(28)44-5/h6-10,12,14,17-19,24,37H,2,11,13,15-16,20-21H2,1,3-5H3,(H,39,40). The van der Waals surface area contributed by atoms with Crippen LogP contribution in [0.1, 0.15) is 41.4 Å². The van der Waals surface area contributed by atoms with E-state index in [0.717, 1.165) is 46.4 Å². The van der Waals surface area contributed by atoms with Gasteiger partial charge in [-0.15, -0.1) is 0 Å². The summed E-state index contributed by atoms with van der Waals surface area (Å²) in [6.07, 6.45) is 5.01. The maximum atomic E-state index is 15.0. The van der Waals surface area contributed by atoms with Crippen molar-refractivity contribution in [3.05, 3.63) is 89.6 Å². The third kappa shape index (κ3) is 6.56. The summed E-state index contributed by atoms with van der Waals surface area (Å²) < 4.78 is 25.7. The number of methoxy groups -OCH3 is 2. The van der Waals surface area contributed by atoms with Crippen molar-refractivity contribution < 1.29 is 18.7 Å². The number of halogens is 1. The number of ether oxygens (including phenoxy) is 2. The van der Waals surface area contributed by atoms with Crippen molar-refractivity contribution in [1.29, 1.82) is 0 Å². The molecule has 0 saturated carbocycles. The first-order valence-corrected chi connectivity index (χ1v) is 14.7. The summed E-state index contributed by atoms with van der Waals surface area (Å²) >= 11 is 0. The van der Waals surface area contributed by atoms with Crippen molar-refractivity contribution in [3.63, 3.8) is 0 Å². The molecule has 0 aliphatic carbocycles. The fourth-order valence-electron chi connectivity index (χ4n) is 5.78. The minimum absolute atomic E-state index is 0.0235. The highest BCUT2D eigenvalue weighted by Gasteiger charge is 2.40. The highest BCUT2D eigenvalue weighted by Crippen LogP contribution is 2.37. The molecule has 44 heavy (non-hydrogen) atoms. The number of hydrogen-bond donors (Lipinski definition) is 2. The van der Waals surface area contributed by atoms with E-state index in [0.29, 0.717) is 43.1 Å². The monoisotopic (exact) mass is 598 g/mol. The lowest BCUT2D eigenvalue weighted by atomic mass is 9.81. The molecule has 1 fully saturated rings. The second kappa shape index (κ2) is 13.5. The molecule has 1 aliphatic rings. The summed E-state index contributed by atoms with van der Waals surface area (Å²) in [7, 11) is 3.20. The van der Waals surface area contributed by atoms with Crippen molar-refractivity contribution >= 4 is 23.0 Å². The first-order valence-electron chi connectivity index (χ1n) is 14.7.